The minimum atomic E-state index is -5.42. The van der Waals surface area contributed by atoms with Crippen molar-refractivity contribution in [2.45, 2.75) is 12.4 Å². The molecule has 1 rings (SSSR count). The van der Waals surface area contributed by atoms with E-state index in [1.165, 1.54) is 0 Å². The minimum absolute atomic E-state index is 0.0488. The van der Waals surface area contributed by atoms with E-state index in [4.69, 9.17) is 0 Å². The molecule has 10 heteroatoms. The van der Waals surface area contributed by atoms with E-state index in [1.807, 2.05) is 0 Å². The summed E-state index contributed by atoms with van der Waals surface area (Å²) in [6, 6.07) is 0.112. The maximum atomic E-state index is 12.4. The number of nitro groups is 1. The average molecular weight is 287 g/mol. The Morgan fingerprint density at radius 3 is 1.95 bits per heavy atom. The van der Waals surface area contributed by atoms with Crippen LogP contribution in [0.4, 0.5) is 32.0 Å². The van der Waals surface area contributed by atoms with Crippen molar-refractivity contribution in [1.29, 1.82) is 0 Å². The molecule has 0 aliphatic heterocycles. The fraction of sp³-hybridized carbons (Fsp3) is 0.222. The molecule has 1 aromatic rings. The van der Waals surface area contributed by atoms with Gasteiger partial charge in [-0.2, -0.15) is 26.3 Å². The van der Waals surface area contributed by atoms with Gasteiger partial charge in [0.25, 0.3) is 11.5 Å². The van der Waals surface area contributed by atoms with E-state index in [2.05, 4.69) is 0 Å². The largest absolute Gasteiger partial charge is 0.454 e. The summed E-state index contributed by atoms with van der Waals surface area (Å²) < 4.78 is 73.4. The monoisotopic (exact) mass is 287 g/mol. The van der Waals surface area contributed by atoms with Crippen LogP contribution in [0.15, 0.2) is 18.2 Å². The summed E-state index contributed by atoms with van der Waals surface area (Å²) >= 11 is 0. The van der Waals surface area contributed by atoms with Crippen LogP contribution in [0, 0.1) is 10.1 Å². The van der Waals surface area contributed by atoms with Crippen molar-refractivity contribution in [3.8, 4) is 0 Å². The second-order valence-electron chi connectivity index (χ2n) is 3.35. The van der Waals surface area contributed by atoms with Crippen LogP contribution in [0.5, 0.6) is 0 Å². The molecule has 0 saturated heterocycles. The Balaban J connectivity index is 3.46. The van der Waals surface area contributed by atoms with Crippen LogP contribution in [0.1, 0.15) is 15.9 Å². The summed E-state index contributed by atoms with van der Waals surface area (Å²) in [5.41, 5.74) is -4.38. The first-order chi connectivity index (χ1) is 8.43. The number of hydrogen-bond donors (Lipinski definition) is 0. The highest BCUT2D eigenvalue weighted by Crippen LogP contribution is 2.34. The highest BCUT2D eigenvalue weighted by Gasteiger charge is 2.41. The number of nitrogens with zero attached hydrogens (tertiary/aromatic N) is 1. The van der Waals surface area contributed by atoms with Gasteiger partial charge in [0.15, 0.2) is 0 Å². The van der Waals surface area contributed by atoms with Gasteiger partial charge in [0.1, 0.15) is 0 Å². The van der Waals surface area contributed by atoms with Crippen molar-refractivity contribution >= 4 is 11.5 Å². The normalized spacial score (nSPS) is 12.3. The van der Waals surface area contributed by atoms with Gasteiger partial charge in [-0.1, -0.05) is 0 Å². The van der Waals surface area contributed by atoms with Crippen molar-refractivity contribution in [3.63, 3.8) is 0 Å². The molecule has 0 atom stereocenters. The second kappa shape index (κ2) is 4.52. The lowest BCUT2D eigenvalue weighted by atomic mass is 10.1. The number of non-ortho nitro benzene ring substituents is 1. The first-order valence-electron chi connectivity index (χ1n) is 4.41. The van der Waals surface area contributed by atoms with Crippen LogP contribution in [0.2, 0.25) is 0 Å². The molecule has 0 fully saturated rings. The maximum absolute atomic E-state index is 12.4. The van der Waals surface area contributed by atoms with E-state index >= 15 is 0 Å². The number of alkyl halides is 6. The molecule has 19 heavy (non-hydrogen) atoms. The van der Waals surface area contributed by atoms with Crippen molar-refractivity contribution in [1.82, 2.24) is 0 Å². The molecule has 0 bridgehead atoms. The van der Waals surface area contributed by atoms with Crippen LogP contribution < -0.4 is 0 Å². The topological polar surface area (TPSA) is 60.2 Å². The van der Waals surface area contributed by atoms with Gasteiger partial charge in [-0.3, -0.25) is 14.9 Å². The minimum Gasteiger partial charge on any atom is -0.284 e. The van der Waals surface area contributed by atoms with E-state index in [0.717, 1.165) is 0 Å². The number of halogens is 6. The lowest BCUT2D eigenvalue weighted by Gasteiger charge is -2.09. The Hall–Kier alpha value is -2.13. The number of ketones is 1. The van der Waals surface area contributed by atoms with Gasteiger partial charge < -0.3 is 0 Å². The first-order valence-corrected chi connectivity index (χ1v) is 4.41. The van der Waals surface area contributed by atoms with Crippen molar-refractivity contribution in [3.05, 3.63) is 39.4 Å². The Morgan fingerprint density at radius 2 is 1.58 bits per heavy atom. The Bertz CT molecular complexity index is 534. The maximum Gasteiger partial charge on any atom is 0.454 e. The highest BCUT2D eigenvalue weighted by molar-refractivity contribution is 6.00. The van der Waals surface area contributed by atoms with Crippen LogP contribution in [0.3, 0.4) is 0 Å². The van der Waals surface area contributed by atoms with Gasteiger partial charge in [0.2, 0.25) is 0 Å². The summed E-state index contributed by atoms with van der Waals surface area (Å²) in [7, 11) is 0. The van der Waals surface area contributed by atoms with Crippen molar-refractivity contribution in [2.24, 2.45) is 0 Å². The molecule has 0 unspecified atom stereocenters. The lowest BCUT2D eigenvalue weighted by Crippen LogP contribution is -2.23. The summed E-state index contributed by atoms with van der Waals surface area (Å²) in [4.78, 5) is 19.8. The van der Waals surface area contributed by atoms with Gasteiger partial charge in [0.05, 0.1) is 10.5 Å². The van der Waals surface area contributed by atoms with Gasteiger partial charge in [0, 0.05) is 17.7 Å². The fourth-order valence-electron chi connectivity index (χ4n) is 1.18. The van der Waals surface area contributed by atoms with Gasteiger partial charge >= 0.3 is 12.4 Å². The zero-order valence-corrected chi connectivity index (χ0v) is 8.67. The van der Waals surface area contributed by atoms with E-state index in [1.54, 1.807) is 0 Å². The summed E-state index contributed by atoms with van der Waals surface area (Å²) in [6.45, 7) is 0. The number of benzene rings is 1. The zero-order valence-electron chi connectivity index (χ0n) is 8.67. The van der Waals surface area contributed by atoms with Crippen LogP contribution in [-0.4, -0.2) is 16.9 Å². The molecule has 0 aromatic heterocycles. The third-order valence-corrected chi connectivity index (χ3v) is 1.98. The molecular weight excluding hydrogens is 284 g/mol. The summed E-state index contributed by atoms with van der Waals surface area (Å²) in [6.07, 6.45) is -10.5. The Labute approximate surface area is 100 Å². The van der Waals surface area contributed by atoms with Gasteiger partial charge in [-0.25, -0.2) is 0 Å². The molecule has 0 spiro atoms. The van der Waals surface area contributed by atoms with Gasteiger partial charge in [-0.05, 0) is 6.07 Å². The van der Waals surface area contributed by atoms with Gasteiger partial charge in [-0.15, -0.1) is 0 Å². The number of nitro benzene ring substituents is 1. The molecule has 0 radical (unpaired) electrons. The Morgan fingerprint density at radius 1 is 1.05 bits per heavy atom. The first kappa shape index (κ1) is 14.9. The number of hydrogen-bond acceptors (Lipinski definition) is 3. The lowest BCUT2D eigenvalue weighted by molar-refractivity contribution is -0.385. The molecule has 0 aliphatic rings. The molecule has 0 N–H and O–H groups in total. The Kier molecular flexibility index (Phi) is 3.55. The molecule has 0 saturated carbocycles. The molecular formula is C9H3F6NO3. The number of carbonyl (C=O) groups excluding carboxylic acids is 1. The number of rotatable bonds is 2. The predicted octanol–water partition coefficient (Wildman–Crippen LogP) is 3.36. The smallest absolute Gasteiger partial charge is 0.284 e. The van der Waals surface area contributed by atoms with Crippen LogP contribution >= 0.6 is 0 Å². The van der Waals surface area contributed by atoms with Crippen LogP contribution in [0.25, 0.3) is 0 Å². The SMILES string of the molecule is O=C(c1cc([N+](=O)[O-])cc(C(F)(F)F)c1)C(F)(F)F. The highest BCUT2D eigenvalue weighted by atomic mass is 19.4. The molecule has 4 nitrogen and oxygen atoms in total. The third kappa shape index (κ3) is 3.42. The van der Waals surface area contributed by atoms with E-state index in [0.29, 0.717) is 0 Å². The van der Waals surface area contributed by atoms with Crippen LogP contribution in [-0.2, 0) is 6.18 Å². The van der Waals surface area contributed by atoms with Crippen molar-refractivity contribution in [2.75, 3.05) is 0 Å². The second-order valence-corrected chi connectivity index (χ2v) is 3.35. The summed E-state index contributed by atoms with van der Waals surface area (Å²) in [5.74, 6) is -2.58. The molecule has 0 amide bonds. The molecule has 0 aliphatic carbocycles. The number of carbonyl (C=O) groups is 1. The van der Waals surface area contributed by atoms with E-state index in [9.17, 15) is 41.3 Å². The molecule has 1 aromatic carbocycles. The van der Waals surface area contributed by atoms with Crippen molar-refractivity contribution < 1.29 is 36.1 Å². The quantitative estimate of drug-likeness (QED) is 0.362. The average Bonchev–Trinajstić information content (AvgIpc) is 2.24. The third-order valence-electron chi connectivity index (χ3n) is 1.98. The fourth-order valence-corrected chi connectivity index (χ4v) is 1.18. The zero-order chi connectivity index (χ0) is 15.0. The predicted molar refractivity (Wildman–Crippen MR) is 48.5 cm³/mol. The standard InChI is InChI=1S/C9H3F6NO3/c10-8(11,12)5-1-4(7(17)9(13,14)15)2-6(3-5)16(18)19/h1-3H. The molecule has 104 valence electrons. The van der Waals surface area contributed by atoms with E-state index < -0.39 is 39.9 Å². The summed E-state index contributed by atoms with van der Waals surface area (Å²) in [5, 5.41) is 10.4. The molecule has 0 heterocycles. The number of Topliss-reactive ketones (excluding diaryl/α,β-unsaturated/α-hetero) is 1. The van der Waals surface area contributed by atoms with E-state index in [-0.39, 0.29) is 18.2 Å².